The van der Waals surface area contributed by atoms with Gasteiger partial charge >= 0.3 is 0 Å². The fraction of sp³-hybridized carbons (Fsp3) is 0.500. The molecule has 3 rings (SSSR count). The number of pyridine rings is 1. The van der Waals surface area contributed by atoms with Crippen LogP contribution in [0.15, 0.2) is 22.9 Å². The minimum atomic E-state index is 0.692. The minimum absolute atomic E-state index is 0.692. The van der Waals surface area contributed by atoms with Gasteiger partial charge < -0.3 is 5.32 Å². The number of aromatic nitrogens is 1. The van der Waals surface area contributed by atoms with E-state index in [1.165, 1.54) is 30.5 Å². The molecule has 0 amide bonds. The zero-order valence-electron chi connectivity index (χ0n) is 10.1. The number of nitrogens with one attached hydrogen (secondary N) is 1. The molecule has 1 aliphatic carbocycles. The van der Waals surface area contributed by atoms with Gasteiger partial charge in [0.1, 0.15) is 4.60 Å². The first-order chi connectivity index (χ1) is 8.74. The quantitative estimate of drug-likeness (QED) is 0.791. The van der Waals surface area contributed by atoms with Crippen molar-refractivity contribution in [3.63, 3.8) is 0 Å². The van der Waals surface area contributed by atoms with Gasteiger partial charge in [-0.05, 0) is 77.3 Å². The van der Waals surface area contributed by atoms with Crippen LogP contribution in [-0.4, -0.2) is 18.1 Å². The number of rotatable bonds is 1. The summed E-state index contributed by atoms with van der Waals surface area (Å²) in [6.45, 7) is 2.33. The fourth-order valence-electron chi connectivity index (χ4n) is 3.02. The van der Waals surface area contributed by atoms with E-state index >= 15 is 0 Å². The molecule has 18 heavy (non-hydrogen) atoms. The van der Waals surface area contributed by atoms with Crippen molar-refractivity contribution in [3.05, 3.63) is 33.5 Å². The standard InChI is InChI=1S/C14H16BrClN2/c15-14-13(16)6-12(8-18-14)10-2-1-9-3-4-17-7-11(9)5-10/h2,6,8-9,11,17H,1,3-5,7H2/t9-,11+/m1/s1. The smallest absolute Gasteiger partial charge is 0.124 e. The Hall–Kier alpha value is -0.380. The lowest BCUT2D eigenvalue weighted by Gasteiger charge is -2.35. The van der Waals surface area contributed by atoms with Crippen molar-refractivity contribution < 1.29 is 0 Å². The summed E-state index contributed by atoms with van der Waals surface area (Å²) in [5.74, 6) is 1.65. The molecule has 4 heteroatoms. The van der Waals surface area contributed by atoms with E-state index in [0.29, 0.717) is 5.02 Å². The number of hydrogen-bond donors (Lipinski definition) is 1. The van der Waals surface area contributed by atoms with Crippen LogP contribution >= 0.6 is 27.5 Å². The van der Waals surface area contributed by atoms with Crippen molar-refractivity contribution in [1.82, 2.24) is 10.3 Å². The highest BCUT2D eigenvalue weighted by Gasteiger charge is 2.28. The average molecular weight is 328 g/mol. The van der Waals surface area contributed by atoms with Crippen LogP contribution in [0.4, 0.5) is 0 Å². The number of nitrogens with zero attached hydrogens (tertiary/aromatic N) is 1. The third-order valence-corrected chi connectivity index (χ3v) is 5.23. The lowest BCUT2D eigenvalue weighted by molar-refractivity contribution is 0.252. The van der Waals surface area contributed by atoms with E-state index in [9.17, 15) is 0 Å². The molecule has 0 unspecified atom stereocenters. The summed E-state index contributed by atoms with van der Waals surface area (Å²) in [7, 11) is 0. The Morgan fingerprint density at radius 3 is 3.11 bits per heavy atom. The Morgan fingerprint density at radius 1 is 1.39 bits per heavy atom. The van der Waals surface area contributed by atoms with Gasteiger partial charge in [-0.2, -0.15) is 0 Å². The first kappa shape index (κ1) is 12.6. The molecule has 1 saturated heterocycles. The number of fused-ring (bicyclic) bond motifs is 1. The summed E-state index contributed by atoms with van der Waals surface area (Å²) < 4.78 is 0.724. The van der Waals surface area contributed by atoms with E-state index < -0.39 is 0 Å². The Balaban J connectivity index is 1.84. The first-order valence-electron chi connectivity index (χ1n) is 6.45. The third kappa shape index (κ3) is 2.49. The number of halogens is 2. The van der Waals surface area contributed by atoms with Crippen molar-refractivity contribution in [2.75, 3.05) is 13.1 Å². The molecule has 2 nitrogen and oxygen atoms in total. The molecule has 0 aromatic carbocycles. The molecule has 2 atom stereocenters. The molecule has 0 spiro atoms. The Labute approximate surface area is 121 Å². The average Bonchev–Trinajstić information content (AvgIpc) is 2.41. The molecule has 2 aliphatic rings. The summed E-state index contributed by atoms with van der Waals surface area (Å²) in [6, 6.07) is 2.01. The van der Waals surface area contributed by atoms with Gasteiger partial charge in [-0.15, -0.1) is 0 Å². The summed E-state index contributed by atoms with van der Waals surface area (Å²) in [4.78, 5) is 4.29. The topological polar surface area (TPSA) is 24.9 Å². The van der Waals surface area contributed by atoms with Gasteiger partial charge in [0.2, 0.25) is 0 Å². The van der Waals surface area contributed by atoms with Crippen LogP contribution in [0.1, 0.15) is 24.8 Å². The number of allylic oxidation sites excluding steroid dienone is 2. The van der Waals surface area contributed by atoms with E-state index in [2.05, 4.69) is 32.3 Å². The summed E-state index contributed by atoms with van der Waals surface area (Å²) in [5.41, 5.74) is 2.58. The molecule has 96 valence electrons. The molecule has 0 radical (unpaired) electrons. The molecule has 0 bridgehead atoms. The van der Waals surface area contributed by atoms with E-state index in [0.717, 1.165) is 29.4 Å². The van der Waals surface area contributed by atoms with Crippen molar-refractivity contribution in [2.45, 2.75) is 19.3 Å². The molecule has 1 N–H and O–H groups in total. The SMILES string of the molecule is Clc1cc(C2=CC[C@@H]3CCNC[C@@H]3C2)cnc1Br. The van der Waals surface area contributed by atoms with Crippen LogP contribution in [0, 0.1) is 11.8 Å². The molecule has 1 fully saturated rings. The largest absolute Gasteiger partial charge is 0.316 e. The second kappa shape index (κ2) is 5.32. The van der Waals surface area contributed by atoms with Gasteiger partial charge in [-0.1, -0.05) is 17.7 Å². The second-order valence-electron chi connectivity index (χ2n) is 5.18. The molecular weight excluding hydrogens is 312 g/mol. The van der Waals surface area contributed by atoms with Gasteiger partial charge in [0.05, 0.1) is 5.02 Å². The predicted molar refractivity (Wildman–Crippen MR) is 78.6 cm³/mol. The second-order valence-corrected chi connectivity index (χ2v) is 6.34. The van der Waals surface area contributed by atoms with E-state index in [1.54, 1.807) is 0 Å². The molecule has 1 aromatic rings. The lowest BCUT2D eigenvalue weighted by atomic mass is 9.75. The van der Waals surface area contributed by atoms with E-state index in [-0.39, 0.29) is 0 Å². The highest BCUT2D eigenvalue weighted by Crippen LogP contribution is 2.38. The van der Waals surface area contributed by atoms with Gasteiger partial charge in [-0.3, -0.25) is 0 Å². The molecular formula is C14H16BrClN2. The van der Waals surface area contributed by atoms with E-state index in [1.807, 2.05) is 12.3 Å². The highest BCUT2D eigenvalue weighted by molar-refractivity contribution is 9.10. The Morgan fingerprint density at radius 2 is 2.28 bits per heavy atom. The molecule has 1 aromatic heterocycles. The normalized spacial score (nSPS) is 27.6. The zero-order chi connectivity index (χ0) is 12.5. The maximum Gasteiger partial charge on any atom is 0.124 e. The van der Waals surface area contributed by atoms with Crippen LogP contribution in [0.2, 0.25) is 5.02 Å². The van der Waals surface area contributed by atoms with Gasteiger partial charge in [-0.25, -0.2) is 4.98 Å². The van der Waals surface area contributed by atoms with Crippen molar-refractivity contribution >= 4 is 33.1 Å². The third-order valence-electron chi connectivity index (χ3n) is 4.08. The van der Waals surface area contributed by atoms with Crippen LogP contribution in [0.5, 0.6) is 0 Å². The monoisotopic (exact) mass is 326 g/mol. The van der Waals surface area contributed by atoms with Crippen LogP contribution in [0.3, 0.4) is 0 Å². The van der Waals surface area contributed by atoms with Crippen LogP contribution in [0.25, 0.3) is 5.57 Å². The number of piperidine rings is 1. The summed E-state index contributed by atoms with van der Waals surface area (Å²) in [6.07, 6.45) is 7.96. The van der Waals surface area contributed by atoms with Gasteiger partial charge in [0.25, 0.3) is 0 Å². The van der Waals surface area contributed by atoms with Crippen molar-refractivity contribution in [2.24, 2.45) is 11.8 Å². The summed E-state index contributed by atoms with van der Waals surface area (Å²) >= 11 is 9.46. The van der Waals surface area contributed by atoms with Gasteiger partial charge in [0, 0.05) is 6.20 Å². The molecule has 0 saturated carbocycles. The molecule has 2 heterocycles. The number of hydrogen-bond acceptors (Lipinski definition) is 2. The lowest BCUT2D eigenvalue weighted by Crippen LogP contribution is -2.37. The van der Waals surface area contributed by atoms with Gasteiger partial charge in [0.15, 0.2) is 0 Å². The Bertz CT molecular complexity index is 487. The minimum Gasteiger partial charge on any atom is -0.316 e. The Kier molecular flexibility index (Phi) is 3.73. The zero-order valence-corrected chi connectivity index (χ0v) is 12.5. The van der Waals surface area contributed by atoms with Crippen LogP contribution in [-0.2, 0) is 0 Å². The maximum absolute atomic E-state index is 6.12. The molecule has 1 aliphatic heterocycles. The van der Waals surface area contributed by atoms with Crippen molar-refractivity contribution in [1.29, 1.82) is 0 Å². The van der Waals surface area contributed by atoms with Crippen molar-refractivity contribution in [3.8, 4) is 0 Å². The van der Waals surface area contributed by atoms with Crippen LogP contribution < -0.4 is 5.32 Å². The predicted octanol–water partition coefficient (Wildman–Crippen LogP) is 3.90. The highest BCUT2D eigenvalue weighted by atomic mass is 79.9. The fourth-order valence-corrected chi connectivity index (χ4v) is 3.40. The summed E-state index contributed by atoms with van der Waals surface area (Å²) in [5, 5.41) is 4.19. The van der Waals surface area contributed by atoms with E-state index in [4.69, 9.17) is 11.6 Å². The first-order valence-corrected chi connectivity index (χ1v) is 7.62. The maximum atomic E-state index is 6.12.